The molecule has 0 saturated heterocycles. The van der Waals surface area contributed by atoms with Crippen molar-refractivity contribution in [3.05, 3.63) is 23.8 Å². The molecule has 0 spiro atoms. The fourth-order valence-corrected chi connectivity index (χ4v) is 4.58. The van der Waals surface area contributed by atoms with Gasteiger partial charge in [-0.25, -0.2) is 0 Å². The summed E-state index contributed by atoms with van der Waals surface area (Å²) < 4.78 is 12.2. The molecule has 2 nitrogen and oxygen atoms in total. The van der Waals surface area contributed by atoms with Crippen LogP contribution in [0.3, 0.4) is 0 Å². The Morgan fingerprint density at radius 1 is 0.500 bits per heavy atom. The second-order valence-electron chi connectivity index (χ2n) is 9.98. The molecule has 0 aromatic heterocycles. The zero-order valence-electron chi connectivity index (χ0n) is 22.7. The Morgan fingerprint density at radius 2 is 0.882 bits per heavy atom. The molecular weight excluding hydrogens is 440 g/mol. The van der Waals surface area contributed by atoms with Crippen molar-refractivity contribution in [3.63, 3.8) is 0 Å². The van der Waals surface area contributed by atoms with Crippen LogP contribution in [-0.2, 0) is 5.88 Å². The first-order valence-electron chi connectivity index (χ1n) is 14.8. The summed E-state index contributed by atoms with van der Waals surface area (Å²) in [6.07, 6.45) is 26.8. The van der Waals surface area contributed by atoms with Crippen LogP contribution >= 0.6 is 11.6 Å². The lowest BCUT2D eigenvalue weighted by Gasteiger charge is -2.14. The third-order valence-corrected chi connectivity index (χ3v) is 6.98. The first-order valence-corrected chi connectivity index (χ1v) is 15.3. The Labute approximate surface area is 217 Å². The molecule has 0 amide bonds. The van der Waals surface area contributed by atoms with Crippen molar-refractivity contribution >= 4 is 11.6 Å². The van der Waals surface area contributed by atoms with Gasteiger partial charge in [0.15, 0.2) is 11.5 Å². The molecule has 0 bridgehead atoms. The number of benzene rings is 1. The van der Waals surface area contributed by atoms with Gasteiger partial charge in [0.05, 0.1) is 13.2 Å². The van der Waals surface area contributed by atoms with Gasteiger partial charge in [0.2, 0.25) is 0 Å². The molecule has 3 heteroatoms. The van der Waals surface area contributed by atoms with E-state index in [0.717, 1.165) is 43.1 Å². The Balaban J connectivity index is 2.14. The van der Waals surface area contributed by atoms with E-state index in [2.05, 4.69) is 19.9 Å². The SMILES string of the molecule is CCCCCCCCCCCCOc1ccc(CCl)cc1OCCCCCCCCCCCC. The number of ether oxygens (including phenoxy) is 2. The molecule has 1 aromatic rings. The highest BCUT2D eigenvalue weighted by Gasteiger charge is 2.07. The highest BCUT2D eigenvalue weighted by atomic mass is 35.5. The van der Waals surface area contributed by atoms with Crippen LogP contribution in [0.4, 0.5) is 0 Å². The van der Waals surface area contributed by atoms with Crippen molar-refractivity contribution in [2.45, 2.75) is 148 Å². The molecule has 0 aliphatic rings. The van der Waals surface area contributed by atoms with E-state index < -0.39 is 0 Å². The molecule has 0 radical (unpaired) electrons. The van der Waals surface area contributed by atoms with E-state index in [9.17, 15) is 0 Å². The maximum absolute atomic E-state index is 6.12. The molecule has 0 heterocycles. The summed E-state index contributed by atoms with van der Waals surface area (Å²) in [5.74, 6) is 2.24. The first-order chi connectivity index (χ1) is 16.8. The number of hydrogen-bond acceptors (Lipinski definition) is 2. The Bertz CT molecular complexity index is 560. The average Bonchev–Trinajstić information content (AvgIpc) is 2.86. The highest BCUT2D eigenvalue weighted by Crippen LogP contribution is 2.30. The summed E-state index contributed by atoms with van der Waals surface area (Å²) in [6, 6.07) is 6.13. The number of hydrogen-bond donors (Lipinski definition) is 0. The van der Waals surface area contributed by atoms with E-state index >= 15 is 0 Å². The third kappa shape index (κ3) is 17.5. The zero-order chi connectivity index (χ0) is 24.5. The second kappa shape index (κ2) is 23.8. The minimum absolute atomic E-state index is 0.507. The van der Waals surface area contributed by atoms with Gasteiger partial charge in [-0.1, -0.05) is 135 Å². The topological polar surface area (TPSA) is 18.5 Å². The smallest absolute Gasteiger partial charge is 0.161 e. The van der Waals surface area contributed by atoms with E-state index in [0.29, 0.717) is 5.88 Å². The summed E-state index contributed by atoms with van der Waals surface area (Å²) in [5, 5.41) is 0. The van der Waals surface area contributed by atoms with Crippen LogP contribution < -0.4 is 9.47 Å². The number of alkyl halides is 1. The quantitative estimate of drug-likeness (QED) is 0.0993. The number of unbranched alkanes of at least 4 members (excludes halogenated alkanes) is 18. The Hall–Kier alpha value is -0.890. The standard InChI is InChI=1S/C31H55ClO2/c1-3-5-7-9-11-13-15-17-19-21-25-33-30-24-23-29(28-32)27-31(30)34-26-22-20-18-16-14-12-10-8-6-4-2/h23-24,27H,3-22,25-26,28H2,1-2H3. The van der Waals surface area contributed by atoms with Gasteiger partial charge in [0.1, 0.15) is 0 Å². The molecule has 1 aromatic carbocycles. The summed E-state index contributed by atoms with van der Waals surface area (Å²) in [6.45, 7) is 6.09. The summed E-state index contributed by atoms with van der Waals surface area (Å²) in [4.78, 5) is 0. The van der Waals surface area contributed by atoms with Gasteiger partial charge in [-0.3, -0.25) is 0 Å². The van der Waals surface area contributed by atoms with Crippen LogP contribution in [0.25, 0.3) is 0 Å². The fourth-order valence-electron chi connectivity index (χ4n) is 4.41. The van der Waals surface area contributed by atoms with Crippen molar-refractivity contribution in [2.24, 2.45) is 0 Å². The predicted molar refractivity (Wildman–Crippen MR) is 151 cm³/mol. The molecule has 0 aliphatic carbocycles. The van der Waals surface area contributed by atoms with Crippen LogP contribution in [0.15, 0.2) is 18.2 Å². The van der Waals surface area contributed by atoms with Crippen molar-refractivity contribution < 1.29 is 9.47 Å². The summed E-state index contributed by atoms with van der Waals surface area (Å²) >= 11 is 6.05. The van der Waals surface area contributed by atoms with Gasteiger partial charge in [0.25, 0.3) is 0 Å². The van der Waals surface area contributed by atoms with Crippen molar-refractivity contribution in [3.8, 4) is 11.5 Å². The van der Waals surface area contributed by atoms with Crippen molar-refractivity contribution in [1.29, 1.82) is 0 Å². The van der Waals surface area contributed by atoms with Crippen LogP contribution in [0, 0.1) is 0 Å². The van der Waals surface area contributed by atoms with Crippen LogP contribution in [-0.4, -0.2) is 13.2 Å². The minimum Gasteiger partial charge on any atom is -0.490 e. The van der Waals surface area contributed by atoms with E-state index in [1.54, 1.807) is 0 Å². The zero-order valence-corrected chi connectivity index (χ0v) is 23.4. The van der Waals surface area contributed by atoms with Crippen LogP contribution in [0.1, 0.15) is 148 Å². The van der Waals surface area contributed by atoms with Crippen molar-refractivity contribution in [1.82, 2.24) is 0 Å². The van der Waals surface area contributed by atoms with E-state index in [-0.39, 0.29) is 0 Å². The van der Waals surface area contributed by atoms with Gasteiger partial charge in [-0.05, 0) is 30.5 Å². The second-order valence-corrected chi connectivity index (χ2v) is 10.2. The Morgan fingerprint density at radius 3 is 1.29 bits per heavy atom. The highest BCUT2D eigenvalue weighted by molar-refractivity contribution is 6.17. The van der Waals surface area contributed by atoms with Gasteiger partial charge < -0.3 is 9.47 Å². The molecule has 0 saturated carbocycles. The van der Waals surface area contributed by atoms with E-state index in [1.807, 2.05) is 12.1 Å². The molecule has 34 heavy (non-hydrogen) atoms. The van der Waals surface area contributed by atoms with E-state index in [1.165, 1.54) is 116 Å². The third-order valence-electron chi connectivity index (χ3n) is 6.67. The maximum Gasteiger partial charge on any atom is 0.161 e. The largest absolute Gasteiger partial charge is 0.490 e. The van der Waals surface area contributed by atoms with Gasteiger partial charge in [0, 0.05) is 5.88 Å². The number of halogens is 1. The molecule has 198 valence electrons. The molecule has 0 aliphatic heterocycles. The molecule has 0 fully saturated rings. The normalized spacial score (nSPS) is 11.1. The predicted octanol–water partition coefficient (Wildman–Crippen LogP) is 11.0. The van der Waals surface area contributed by atoms with Crippen LogP contribution in [0.5, 0.6) is 11.5 Å². The Kier molecular flexibility index (Phi) is 21.8. The molecule has 0 N–H and O–H groups in total. The van der Waals surface area contributed by atoms with Gasteiger partial charge in [-0.2, -0.15) is 0 Å². The average molecular weight is 495 g/mol. The number of rotatable bonds is 25. The van der Waals surface area contributed by atoms with Crippen molar-refractivity contribution in [2.75, 3.05) is 13.2 Å². The lowest BCUT2D eigenvalue weighted by atomic mass is 10.1. The molecule has 0 unspecified atom stereocenters. The molecular formula is C31H55ClO2. The maximum atomic E-state index is 6.12. The molecule has 0 atom stereocenters. The fraction of sp³-hybridized carbons (Fsp3) is 0.806. The summed E-state index contributed by atoms with van der Waals surface area (Å²) in [7, 11) is 0. The first kappa shape index (κ1) is 31.1. The minimum atomic E-state index is 0.507. The summed E-state index contributed by atoms with van der Waals surface area (Å²) in [5.41, 5.74) is 1.09. The van der Waals surface area contributed by atoms with Gasteiger partial charge in [-0.15, -0.1) is 11.6 Å². The molecule has 1 rings (SSSR count). The van der Waals surface area contributed by atoms with E-state index in [4.69, 9.17) is 21.1 Å². The van der Waals surface area contributed by atoms with Crippen LogP contribution in [0.2, 0.25) is 0 Å². The monoisotopic (exact) mass is 494 g/mol. The lowest BCUT2D eigenvalue weighted by molar-refractivity contribution is 0.258. The van der Waals surface area contributed by atoms with Gasteiger partial charge >= 0.3 is 0 Å². The lowest BCUT2D eigenvalue weighted by Crippen LogP contribution is -2.03.